The molecular weight excluding hydrogens is 450 g/mol. The van der Waals surface area contributed by atoms with E-state index in [2.05, 4.69) is 14.8 Å². The molecule has 0 aliphatic rings. The van der Waals surface area contributed by atoms with E-state index in [1.165, 1.54) is 55.5 Å². The summed E-state index contributed by atoms with van der Waals surface area (Å²) in [5.41, 5.74) is 2.87. The average molecular weight is 474 g/mol. The summed E-state index contributed by atoms with van der Waals surface area (Å²) >= 11 is 0. The third-order valence-corrected chi connectivity index (χ3v) is 7.32. The molecule has 0 saturated carbocycles. The number of hydrogen-bond donors (Lipinski definition) is 3. The molecule has 0 aliphatic carbocycles. The average Bonchev–Trinajstić information content (AvgIpc) is 2.70. The first kappa shape index (κ1) is 23.3. The van der Waals surface area contributed by atoms with Gasteiger partial charge in [-0.1, -0.05) is 12.1 Å². The fourth-order valence-electron chi connectivity index (χ4n) is 2.89. The largest absolute Gasteiger partial charge is 0.326 e. The maximum absolute atomic E-state index is 12.7. The standard InChI is InChI=1S/C22H23N3O5S2/c1-15-4-5-16(2)22(14-15)25-32(29,30)21-12-8-19(9-13-21)24-31(27,28)20-10-6-18(7-11-20)23-17(3)26/h4-14,24-25H,1-3H3,(H,23,26). The van der Waals surface area contributed by atoms with Gasteiger partial charge in [-0.25, -0.2) is 16.8 Å². The van der Waals surface area contributed by atoms with Gasteiger partial charge in [0.1, 0.15) is 0 Å². The number of carbonyl (C=O) groups is 1. The summed E-state index contributed by atoms with van der Waals surface area (Å²) in [7, 11) is -7.74. The van der Waals surface area contributed by atoms with Crippen molar-refractivity contribution >= 4 is 43.0 Å². The zero-order valence-electron chi connectivity index (χ0n) is 17.7. The van der Waals surface area contributed by atoms with E-state index >= 15 is 0 Å². The SMILES string of the molecule is CC(=O)Nc1ccc(S(=O)(=O)Nc2ccc(S(=O)(=O)Nc3cc(C)ccc3C)cc2)cc1. The molecule has 0 aromatic heterocycles. The van der Waals surface area contributed by atoms with Crippen molar-refractivity contribution in [3.8, 4) is 0 Å². The van der Waals surface area contributed by atoms with Crippen LogP contribution in [0.5, 0.6) is 0 Å². The van der Waals surface area contributed by atoms with Crippen molar-refractivity contribution in [2.24, 2.45) is 0 Å². The minimum atomic E-state index is -3.89. The first-order valence-electron chi connectivity index (χ1n) is 9.57. The third-order valence-electron chi connectivity index (χ3n) is 4.54. The van der Waals surface area contributed by atoms with Crippen molar-refractivity contribution in [2.45, 2.75) is 30.6 Å². The molecule has 3 aromatic rings. The van der Waals surface area contributed by atoms with E-state index in [0.717, 1.165) is 11.1 Å². The molecule has 0 fully saturated rings. The van der Waals surface area contributed by atoms with E-state index in [-0.39, 0.29) is 21.4 Å². The lowest BCUT2D eigenvalue weighted by Crippen LogP contribution is -2.15. The summed E-state index contributed by atoms with van der Waals surface area (Å²) in [5, 5.41) is 2.56. The molecule has 0 unspecified atom stereocenters. The normalized spacial score (nSPS) is 11.6. The Labute approximate surface area is 187 Å². The number of benzene rings is 3. The number of aryl methyl sites for hydroxylation is 2. The second-order valence-corrected chi connectivity index (χ2v) is 10.6. The van der Waals surface area contributed by atoms with Crippen LogP contribution in [0.1, 0.15) is 18.1 Å². The first-order chi connectivity index (χ1) is 15.0. The van der Waals surface area contributed by atoms with Crippen LogP contribution >= 0.6 is 0 Å². The van der Waals surface area contributed by atoms with E-state index in [9.17, 15) is 21.6 Å². The van der Waals surface area contributed by atoms with Gasteiger partial charge in [0, 0.05) is 18.3 Å². The van der Waals surface area contributed by atoms with Gasteiger partial charge in [-0.2, -0.15) is 0 Å². The van der Waals surface area contributed by atoms with Gasteiger partial charge in [-0.3, -0.25) is 14.2 Å². The van der Waals surface area contributed by atoms with Crippen LogP contribution in [0.2, 0.25) is 0 Å². The lowest BCUT2D eigenvalue weighted by atomic mass is 10.1. The maximum atomic E-state index is 12.7. The third kappa shape index (κ3) is 5.65. The Morgan fingerprint density at radius 3 is 1.72 bits per heavy atom. The first-order valence-corrected chi connectivity index (χ1v) is 12.5. The van der Waals surface area contributed by atoms with E-state index < -0.39 is 20.0 Å². The van der Waals surface area contributed by atoms with Gasteiger partial charge in [-0.15, -0.1) is 0 Å². The molecule has 8 nitrogen and oxygen atoms in total. The monoisotopic (exact) mass is 473 g/mol. The Hall–Kier alpha value is -3.37. The Morgan fingerprint density at radius 1 is 0.688 bits per heavy atom. The minimum absolute atomic E-state index is 0.000102. The van der Waals surface area contributed by atoms with Crippen LogP contribution in [0.4, 0.5) is 17.1 Å². The number of anilines is 3. The molecule has 0 saturated heterocycles. The van der Waals surface area contributed by atoms with E-state index in [1.54, 1.807) is 13.0 Å². The Morgan fingerprint density at radius 2 is 1.19 bits per heavy atom. The molecule has 3 N–H and O–H groups in total. The summed E-state index contributed by atoms with van der Waals surface area (Å²) in [6.07, 6.45) is 0. The second-order valence-electron chi connectivity index (χ2n) is 7.26. The molecule has 3 rings (SSSR count). The quantitative estimate of drug-likeness (QED) is 0.481. The predicted octanol–water partition coefficient (Wildman–Crippen LogP) is 3.86. The van der Waals surface area contributed by atoms with Crippen LogP contribution in [-0.4, -0.2) is 22.7 Å². The number of rotatable bonds is 7. The number of carbonyl (C=O) groups excluding carboxylic acids is 1. The van der Waals surface area contributed by atoms with Gasteiger partial charge in [0.05, 0.1) is 15.5 Å². The molecule has 0 radical (unpaired) electrons. The number of amides is 1. The molecule has 0 spiro atoms. The summed E-state index contributed by atoms with van der Waals surface area (Å²) < 4.78 is 55.6. The molecule has 10 heteroatoms. The van der Waals surface area contributed by atoms with Crippen LogP contribution in [0.25, 0.3) is 0 Å². The van der Waals surface area contributed by atoms with Crippen LogP contribution in [0, 0.1) is 13.8 Å². The highest BCUT2D eigenvalue weighted by Gasteiger charge is 2.18. The number of sulfonamides is 2. The van der Waals surface area contributed by atoms with Crippen LogP contribution in [-0.2, 0) is 24.8 Å². The Bertz CT molecular complexity index is 1350. The maximum Gasteiger partial charge on any atom is 0.261 e. The highest BCUT2D eigenvalue weighted by atomic mass is 32.2. The minimum Gasteiger partial charge on any atom is -0.326 e. The van der Waals surface area contributed by atoms with E-state index in [4.69, 9.17) is 0 Å². The van der Waals surface area contributed by atoms with E-state index in [0.29, 0.717) is 11.4 Å². The molecule has 0 atom stereocenters. The summed E-state index contributed by atoms with van der Waals surface area (Å²) in [6, 6.07) is 16.5. The van der Waals surface area contributed by atoms with Gasteiger partial charge in [0.15, 0.2) is 0 Å². The number of hydrogen-bond acceptors (Lipinski definition) is 5. The Balaban J connectivity index is 1.76. The summed E-state index contributed by atoms with van der Waals surface area (Å²) in [5.74, 6) is -0.263. The van der Waals surface area contributed by atoms with Crippen LogP contribution in [0.15, 0.2) is 76.5 Å². The molecule has 32 heavy (non-hydrogen) atoms. The Kier molecular flexibility index (Phi) is 6.56. The van der Waals surface area contributed by atoms with Gasteiger partial charge in [-0.05, 0) is 79.6 Å². The van der Waals surface area contributed by atoms with Crippen molar-refractivity contribution < 1.29 is 21.6 Å². The van der Waals surface area contributed by atoms with Crippen molar-refractivity contribution in [3.63, 3.8) is 0 Å². The topological polar surface area (TPSA) is 121 Å². The smallest absolute Gasteiger partial charge is 0.261 e. The molecule has 0 bridgehead atoms. The highest BCUT2D eigenvalue weighted by molar-refractivity contribution is 7.93. The summed E-state index contributed by atoms with van der Waals surface area (Å²) in [4.78, 5) is 11.1. The molecule has 0 aliphatic heterocycles. The van der Waals surface area contributed by atoms with Gasteiger partial charge in [0.2, 0.25) is 5.91 Å². The van der Waals surface area contributed by atoms with Gasteiger partial charge >= 0.3 is 0 Å². The molecule has 1 amide bonds. The molecule has 168 valence electrons. The van der Waals surface area contributed by atoms with Crippen molar-refractivity contribution in [2.75, 3.05) is 14.8 Å². The van der Waals surface area contributed by atoms with Crippen molar-refractivity contribution in [1.29, 1.82) is 0 Å². The van der Waals surface area contributed by atoms with E-state index in [1.807, 2.05) is 19.1 Å². The highest BCUT2D eigenvalue weighted by Crippen LogP contribution is 2.23. The zero-order valence-corrected chi connectivity index (χ0v) is 19.3. The molecule has 3 aromatic carbocycles. The molecule has 0 heterocycles. The van der Waals surface area contributed by atoms with Crippen molar-refractivity contribution in [1.82, 2.24) is 0 Å². The zero-order chi connectivity index (χ0) is 23.5. The van der Waals surface area contributed by atoms with Crippen molar-refractivity contribution in [3.05, 3.63) is 77.9 Å². The lowest BCUT2D eigenvalue weighted by Gasteiger charge is -2.12. The lowest BCUT2D eigenvalue weighted by molar-refractivity contribution is -0.114. The fourth-order valence-corrected chi connectivity index (χ4v) is 5.07. The second kappa shape index (κ2) is 9.01. The van der Waals surface area contributed by atoms with Gasteiger partial charge < -0.3 is 5.32 Å². The number of nitrogens with one attached hydrogen (secondary N) is 3. The van der Waals surface area contributed by atoms with Gasteiger partial charge in [0.25, 0.3) is 20.0 Å². The predicted molar refractivity (Wildman–Crippen MR) is 125 cm³/mol. The fraction of sp³-hybridized carbons (Fsp3) is 0.136. The van der Waals surface area contributed by atoms with Crippen LogP contribution < -0.4 is 14.8 Å². The summed E-state index contributed by atoms with van der Waals surface area (Å²) in [6.45, 7) is 5.02. The van der Waals surface area contributed by atoms with Crippen LogP contribution in [0.3, 0.4) is 0 Å². The molecular formula is C22H23N3O5S2.